The zero-order valence-corrected chi connectivity index (χ0v) is 11.9. The second-order valence-electron chi connectivity index (χ2n) is 5.77. The highest BCUT2D eigenvalue weighted by molar-refractivity contribution is 5.99. The van der Waals surface area contributed by atoms with Crippen LogP contribution in [0.4, 0.5) is 0 Å². The number of amides is 1. The molecule has 0 aliphatic rings. The average molecular weight is 259 g/mol. The topological polar surface area (TPSA) is 60.1 Å². The summed E-state index contributed by atoms with van der Waals surface area (Å²) in [6.45, 7) is 6.27. The van der Waals surface area contributed by atoms with Gasteiger partial charge in [0, 0.05) is 30.0 Å². The van der Waals surface area contributed by atoms with Crippen LogP contribution in [0, 0.1) is 6.92 Å². The molecule has 0 unspecified atom stereocenters. The molecule has 0 aliphatic heterocycles. The zero-order valence-electron chi connectivity index (χ0n) is 11.9. The lowest BCUT2D eigenvalue weighted by Gasteiger charge is -2.18. The molecule has 0 aliphatic carbocycles. The number of nitrogens with one attached hydrogen (secondary N) is 1. The van der Waals surface area contributed by atoms with Crippen LogP contribution in [-0.2, 0) is 7.05 Å². The van der Waals surface area contributed by atoms with Crippen LogP contribution in [-0.4, -0.2) is 22.6 Å². The molecule has 2 rings (SSSR count). The van der Waals surface area contributed by atoms with Crippen molar-refractivity contribution >= 4 is 16.8 Å². The maximum atomic E-state index is 12.2. The van der Waals surface area contributed by atoms with Crippen molar-refractivity contribution in [2.24, 2.45) is 12.8 Å². The molecule has 0 radical (unpaired) electrons. The largest absolute Gasteiger partial charge is 0.349 e. The molecule has 1 heterocycles. The molecule has 2 aromatic rings. The molecule has 1 amide bonds. The van der Waals surface area contributed by atoms with E-state index < -0.39 is 5.54 Å². The van der Waals surface area contributed by atoms with E-state index in [-0.39, 0.29) is 5.91 Å². The van der Waals surface area contributed by atoms with Crippen molar-refractivity contribution in [1.82, 2.24) is 9.88 Å². The van der Waals surface area contributed by atoms with Gasteiger partial charge >= 0.3 is 0 Å². The van der Waals surface area contributed by atoms with E-state index in [0.717, 1.165) is 10.9 Å². The molecular formula is C15H21N3O. The van der Waals surface area contributed by atoms with Gasteiger partial charge in [-0.05, 0) is 38.5 Å². The normalized spacial score (nSPS) is 11.8. The Bertz CT molecular complexity index is 620. The Hall–Kier alpha value is -1.81. The molecule has 0 atom stereocenters. The molecule has 0 spiro atoms. The maximum Gasteiger partial charge on any atom is 0.267 e. The number of carbonyl (C=O) groups is 1. The monoisotopic (exact) mass is 259 g/mol. The lowest BCUT2D eigenvalue weighted by Crippen LogP contribution is -2.45. The first-order valence-corrected chi connectivity index (χ1v) is 6.42. The fourth-order valence-electron chi connectivity index (χ4n) is 2.13. The summed E-state index contributed by atoms with van der Waals surface area (Å²) in [5.41, 5.74) is 8.37. The van der Waals surface area contributed by atoms with Gasteiger partial charge in [0.05, 0.1) is 0 Å². The number of hydrogen-bond acceptors (Lipinski definition) is 2. The standard InChI is InChI=1S/C15H21N3O/c1-10-6-5-7-12-11(10)8-13(18(12)4)14(19)17-9-15(2,3)16/h5-8H,9,16H2,1-4H3,(H,17,19). The lowest BCUT2D eigenvalue weighted by molar-refractivity contribution is 0.0938. The number of benzene rings is 1. The quantitative estimate of drug-likeness (QED) is 0.885. The van der Waals surface area contributed by atoms with E-state index in [1.165, 1.54) is 5.56 Å². The lowest BCUT2D eigenvalue weighted by atomic mass is 10.1. The maximum absolute atomic E-state index is 12.2. The second-order valence-corrected chi connectivity index (χ2v) is 5.77. The third-order valence-electron chi connectivity index (χ3n) is 3.24. The number of nitrogens with two attached hydrogens (primary N) is 1. The summed E-state index contributed by atoms with van der Waals surface area (Å²) in [5, 5.41) is 3.99. The van der Waals surface area contributed by atoms with E-state index in [9.17, 15) is 4.79 Å². The van der Waals surface area contributed by atoms with Crippen molar-refractivity contribution in [3.05, 3.63) is 35.5 Å². The van der Waals surface area contributed by atoms with Gasteiger partial charge < -0.3 is 15.6 Å². The smallest absolute Gasteiger partial charge is 0.267 e. The molecule has 1 aromatic heterocycles. The Balaban J connectivity index is 2.33. The summed E-state index contributed by atoms with van der Waals surface area (Å²) in [5.74, 6) is -0.0865. The van der Waals surface area contributed by atoms with Gasteiger partial charge in [-0.1, -0.05) is 12.1 Å². The van der Waals surface area contributed by atoms with E-state index >= 15 is 0 Å². The minimum Gasteiger partial charge on any atom is -0.349 e. The summed E-state index contributed by atoms with van der Waals surface area (Å²) in [7, 11) is 1.91. The van der Waals surface area contributed by atoms with Crippen LogP contribution in [0.25, 0.3) is 10.9 Å². The van der Waals surface area contributed by atoms with Crippen molar-refractivity contribution < 1.29 is 4.79 Å². The Morgan fingerprint density at radius 2 is 2.11 bits per heavy atom. The highest BCUT2D eigenvalue weighted by Crippen LogP contribution is 2.22. The number of rotatable bonds is 3. The van der Waals surface area contributed by atoms with Gasteiger partial charge in [-0.2, -0.15) is 0 Å². The van der Waals surface area contributed by atoms with Crippen molar-refractivity contribution in [3.63, 3.8) is 0 Å². The Kier molecular flexibility index (Phi) is 3.37. The van der Waals surface area contributed by atoms with Crippen LogP contribution >= 0.6 is 0 Å². The molecule has 3 N–H and O–H groups in total. The van der Waals surface area contributed by atoms with Crippen LogP contribution in [0.3, 0.4) is 0 Å². The average Bonchev–Trinajstić information content (AvgIpc) is 2.65. The van der Waals surface area contributed by atoms with Crippen molar-refractivity contribution in [3.8, 4) is 0 Å². The van der Waals surface area contributed by atoms with Gasteiger partial charge in [-0.15, -0.1) is 0 Å². The van der Waals surface area contributed by atoms with E-state index in [0.29, 0.717) is 12.2 Å². The molecule has 4 nitrogen and oxygen atoms in total. The summed E-state index contributed by atoms with van der Waals surface area (Å²) in [6, 6.07) is 8.00. The third kappa shape index (κ3) is 2.79. The van der Waals surface area contributed by atoms with Gasteiger partial charge in [-0.25, -0.2) is 0 Å². The second kappa shape index (κ2) is 4.70. The fraction of sp³-hybridized carbons (Fsp3) is 0.400. The predicted octanol–water partition coefficient (Wildman–Crippen LogP) is 1.95. The molecule has 0 saturated carbocycles. The van der Waals surface area contributed by atoms with Gasteiger partial charge in [0.2, 0.25) is 0 Å². The van der Waals surface area contributed by atoms with E-state index in [1.807, 2.05) is 56.7 Å². The number of aromatic nitrogens is 1. The van der Waals surface area contributed by atoms with Crippen LogP contribution in [0.15, 0.2) is 24.3 Å². The van der Waals surface area contributed by atoms with Crippen molar-refractivity contribution in [2.45, 2.75) is 26.3 Å². The summed E-state index contributed by atoms with van der Waals surface area (Å²) in [6.07, 6.45) is 0. The van der Waals surface area contributed by atoms with E-state index in [2.05, 4.69) is 5.32 Å². The fourth-order valence-corrected chi connectivity index (χ4v) is 2.13. The molecular weight excluding hydrogens is 238 g/mol. The number of fused-ring (bicyclic) bond motifs is 1. The third-order valence-corrected chi connectivity index (χ3v) is 3.24. The first-order chi connectivity index (χ1) is 8.79. The number of nitrogens with zero attached hydrogens (tertiary/aromatic N) is 1. The number of hydrogen-bond donors (Lipinski definition) is 2. The van der Waals surface area contributed by atoms with Gasteiger partial charge in [0.1, 0.15) is 5.69 Å². The zero-order chi connectivity index (χ0) is 14.2. The molecule has 0 bridgehead atoms. The van der Waals surface area contributed by atoms with Gasteiger partial charge in [-0.3, -0.25) is 4.79 Å². The van der Waals surface area contributed by atoms with E-state index in [4.69, 9.17) is 5.73 Å². The van der Waals surface area contributed by atoms with Gasteiger partial charge in [0.25, 0.3) is 5.91 Å². The number of aryl methyl sites for hydroxylation is 2. The highest BCUT2D eigenvalue weighted by atomic mass is 16.1. The van der Waals surface area contributed by atoms with Gasteiger partial charge in [0.15, 0.2) is 0 Å². The van der Waals surface area contributed by atoms with Crippen LogP contribution in [0.1, 0.15) is 29.9 Å². The predicted molar refractivity (Wildman–Crippen MR) is 78.3 cm³/mol. The Morgan fingerprint density at radius 3 is 2.68 bits per heavy atom. The molecule has 4 heteroatoms. The SMILES string of the molecule is Cc1cccc2c1cc(C(=O)NCC(C)(C)N)n2C. The van der Waals surface area contributed by atoms with Crippen LogP contribution in [0.5, 0.6) is 0 Å². The van der Waals surface area contributed by atoms with Crippen LogP contribution in [0.2, 0.25) is 0 Å². The number of carbonyl (C=O) groups excluding carboxylic acids is 1. The minimum atomic E-state index is -0.407. The summed E-state index contributed by atoms with van der Waals surface area (Å²) in [4.78, 5) is 12.2. The summed E-state index contributed by atoms with van der Waals surface area (Å²) >= 11 is 0. The molecule has 102 valence electrons. The molecule has 0 saturated heterocycles. The molecule has 1 aromatic carbocycles. The highest BCUT2D eigenvalue weighted by Gasteiger charge is 2.17. The van der Waals surface area contributed by atoms with Crippen molar-refractivity contribution in [2.75, 3.05) is 6.54 Å². The van der Waals surface area contributed by atoms with Crippen molar-refractivity contribution in [1.29, 1.82) is 0 Å². The van der Waals surface area contributed by atoms with Crippen LogP contribution < -0.4 is 11.1 Å². The summed E-state index contributed by atoms with van der Waals surface area (Å²) < 4.78 is 1.92. The van der Waals surface area contributed by atoms with E-state index in [1.54, 1.807) is 0 Å². The first kappa shape index (κ1) is 13.6. The minimum absolute atomic E-state index is 0.0865. The Labute approximate surface area is 113 Å². The first-order valence-electron chi connectivity index (χ1n) is 6.42. The molecule has 0 fully saturated rings. The molecule has 19 heavy (non-hydrogen) atoms. The Morgan fingerprint density at radius 1 is 1.42 bits per heavy atom.